The highest BCUT2D eigenvalue weighted by molar-refractivity contribution is 5.24. The third-order valence-electron chi connectivity index (χ3n) is 2.86. The minimum atomic E-state index is -0.824. The molecule has 1 atom stereocenters. The molecular formula is C14H14F2N2. The Morgan fingerprint density at radius 2 is 2.06 bits per heavy atom. The Labute approximate surface area is 105 Å². The Balaban J connectivity index is 2.20. The normalized spacial score (nSPS) is 12.4. The number of nitrogens with one attached hydrogen (secondary N) is 1. The average Bonchev–Trinajstić information content (AvgIpc) is 2.40. The minimum Gasteiger partial charge on any atom is -0.313 e. The number of hydrogen-bond acceptors (Lipinski definition) is 2. The third kappa shape index (κ3) is 2.90. The summed E-state index contributed by atoms with van der Waals surface area (Å²) in [5.41, 5.74) is 1.77. The summed E-state index contributed by atoms with van der Waals surface area (Å²) in [5, 5.41) is 3.10. The van der Waals surface area contributed by atoms with E-state index in [2.05, 4.69) is 10.3 Å². The maximum atomic E-state index is 13.2. The molecule has 2 nitrogen and oxygen atoms in total. The second-order valence-corrected chi connectivity index (χ2v) is 4.08. The van der Waals surface area contributed by atoms with Crippen LogP contribution in [0, 0.1) is 11.6 Å². The summed E-state index contributed by atoms with van der Waals surface area (Å²) in [7, 11) is 1.79. The summed E-state index contributed by atoms with van der Waals surface area (Å²) < 4.78 is 26.1. The summed E-state index contributed by atoms with van der Waals surface area (Å²) in [6.07, 6.45) is 4.15. The number of hydrogen-bond donors (Lipinski definition) is 1. The molecule has 0 spiro atoms. The molecule has 0 aliphatic carbocycles. The van der Waals surface area contributed by atoms with E-state index in [1.54, 1.807) is 25.5 Å². The second kappa shape index (κ2) is 5.69. The van der Waals surface area contributed by atoms with Crippen molar-refractivity contribution < 1.29 is 8.78 Å². The van der Waals surface area contributed by atoms with Gasteiger partial charge in [0.05, 0.1) is 0 Å². The number of halogens is 2. The molecule has 2 aromatic rings. The minimum absolute atomic E-state index is 0.0655. The molecule has 18 heavy (non-hydrogen) atoms. The lowest BCUT2D eigenvalue weighted by molar-refractivity contribution is 0.501. The van der Waals surface area contributed by atoms with Crippen molar-refractivity contribution in [2.45, 2.75) is 12.5 Å². The van der Waals surface area contributed by atoms with Gasteiger partial charge in [-0.1, -0.05) is 12.1 Å². The molecule has 0 bridgehead atoms. The van der Waals surface area contributed by atoms with Crippen molar-refractivity contribution >= 4 is 0 Å². The Morgan fingerprint density at radius 3 is 2.67 bits per heavy atom. The van der Waals surface area contributed by atoms with Crippen molar-refractivity contribution in [1.82, 2.24) is 10.3 Å². The van der Waals surface area contributed by atoms with E-state index in [0.717, 1.165) is 17.2 Å². The summed E-state index contributed by atoms with van der Waals surface area (Å²) in [6, 6.07) is 7.72. The number of pyridine rings is 1. The van der Waals surface area contributed by atoms with Crippen molar-refractivity contribution in [3.63, 3.8) is 0 Å². The van der Waals surface area contributed by atoms with Gasteiger partial charge in [0.1, 0.15) is 0 Å². The fourth-order valence-electron chi connectivity index (χ4n) is 1.87. The molecule has 1 aromatic heterocycles. The van der Waals surface area contributed by atoms with Crippen molar-refractivity contribution in [2.75, 3.05) is 7.05 Å². The molecule has 1 unspecified atom stereocenters. The molecule has 0 saturated heterocycles. The van der Waals surface area contributed by atoms with Gasteiger partial charge >= 0.3 is 0 Å². The van der Waals surface area contributed by atoms with Gasteiger partial charge in [-0.2, -0.15) is 0 Å². The summed E-state index contributed by atoms with van der Waals surface area (Å²) in [4.78, 5) is 4.04. The van der Waals surface area contributed by atoms with Crippen LogP contribution in [-0.4, -0.2) is 12.0 Å². The molecule has 0 saturated carbocycles. The maximum Gasteiger partial charge on any atom is 0.159 e. The first-order valence-corrected chi connectivity index (χ1v) is 5.72. The third-order valence-corrected chi connectivity index (χ3v) is 2.86. The van der Waals surface area contributed by atoms with Crippen LogP contribution in [0.15, 0.2) is 42.7 Å². The van der Waals surface area contributed by atoms with E-state index in [1.807, 2.05) is 12.1 Å². The lowest BCUT2D eigenvalue weighted by Crippen LogP contribution is -2.19. The predicted molar refractivity (Wildman–Crippen MR) is 66.1 cm³/mol. The Bertz CT molecular complexity index is 514. The molecule has 0 aliphatic heterocycles. The lowest BCUT2D eigenvalue weighted by Gasteiger charge is -2.16. The van der Waals surface area contributed by atoms with Crippen LogP contribution in [0.4, 0.5) is 8.78 Å². The molecule has 2 rings (SSSR count). The zero-order chi connectivity index (χ0) is 13.0. The van der Waals surface area contributed by atoms with E-state index in [9.17, 15) is 8.78 Å². The van der Waals surface area contributed by atoms with Crippen LogP contribution in [0.3, 0.4) is 0 Å². The molecule has 94 valence electrons. The largest absolute Gasteiger partial charge is 0.313 e. The van der Waals surface area contributed by atoms with Gasteiger partial charge in [0.25, 0.3) is 0 Å². The van der Waals surface area contributed by atoms with Crippen molar-refractivity contribution in [3.05, 3.63) is 65.5 Å². The first kappa shape index (κ1) is 12.6. The van der Waals surface area contributed by atoms with Gasteiger partial charge in [-0.05, 0) is 42.8 Å². The molecule has 0 radical (unpaired) electrons. The maximum absolute atomic E-state index is 13.2. The van der Waals surface area contributed by atoms with E-state index >= 15 is 0 Å². The van der Waals surface area contributed by atoms with E-state index in [-0.39, 0.29) is 6.04 Å². The summed E-state index contributed by atoms with van der Waals surface area (Å²) in [5.74, 6) is -1.64. The van der Waals surface area contributed by atoms with Gasteiger partial charge in [-0.25, -0.2) is 8.78 Å². The van der Waals surface area contributed by atoms with E-state index < -0.39 is 11.6 Å². The van der Waals surface area contributed by atoms with Gasteiger partial charge in [-0.3, -0.25) is 4.98 Å². The highest BCUT2D eigenvalue weighted by Gasteiger charge is 2.12. The van der Waals surface area contributed by atoms with Crippen LogP contribution in [0.1, 0.15) is 17.2 Å². The lowest BCUT2D eigenvalue weighted by atomic mass is 10.00. The fraction of sp³-hybridized carbons (Fsp3) is 0.214. The highest BCUT2D eigenvalue weighted by Crippen LogP contribution is 2.19. The van der Waals surface area contributed by atoms with Gasteiger partial charge in [-0.15, -0.1) is 0 Å². The highest BCUT2D eigenvalue weighted by atomic mass is 19.2. The molecule has 1 heterocycles. The van der Waals surface area contributed by atoms with Crippen LogP contribution >= 0.6 is 0 Å². The van der Waals surface area contributed by atoms with Crippen molar-refractivity contribution in [3.8, 4) is 0 Å². The second-order valence-electron chi connectivity index (χ2n) is 4.08. The molecule has 0 aliphatic rings. The first-order valence-electron chi connectivity index (χ1n) is 5.72. The monoisotopic (exact) mass is 248 g/mol. The van der Waals surface area contributed by atoms with E-state index in [0.29, 0.717) is 6.42 Å². The first-order chi connectivity index (χ1) is 8.70. The number of nitrogens with zero attached hydrogens (tertiary/aromatic N) is 1. The SMILES string of the molecule is CNC(Cc1cccnc1)c1ccc(F)c(F)c1. The zero-order valence-corrected chi connectivity index (χ0v) is 10.0. The quantitative estimate of drug-likeness (QED) is 0.900. The Kier molecular flexibility index (Phi) is 3.99. The molecule has 4 heteroatoms. The number of rotatable bonds is 4. The van der Waals surface area contributed by atoms with Gasteiger partial charge in [0.2, 0.25) is 0 Å². The summed E-state index contributed by atoms with van der Waals surface area (Å²) in [6.45, 7) is 0. The number of benzene rings is 1. The standard InChI is InChI=1S/C14H14F2N2/c1-17-14(7-10-3-2-6-18-9-10)11-4-5-12(15)13(16)8-11/h2-6,8-9,14,17H,7H2,1H3. The Hall–Kier alpha value is -1.81. The zero-order valence-electron chi connectivity index (χ0n) is 10.0. The number of likely N-dealkylation sites (N-methyl/N-ethyl adjacent to an activating group) is 1. The number of aromatic nitrogens is 1. The van der Waals surface area contributed by atoms with Crippen LogP contribution in [-0.2, 0) is 6.42 Å². The van der Waals surface area contributed by atoms with E-state index in [4.69, 9.17) is 0 Å². The molecule has 0 fully saturated rings. The van der Waals surface area contributed by atoms with Crippen molar-refractivity contribution in [2.24, 2.45) is 0 Å². The summed E-state index contributed by atoms with van der Waals surface area (Å²) >= 11 is 0. The predicted octanol–water partition coefficient (Wildman–Crippen LogP) is 2.86. The molecule has 0 amide bonds. The average molecular weight is 248 g/mol. The van der Waals surface area contributed by atoms with Gasteiger partial charge < -0.3 is 5.32 Å². The Morgan fingerprint density at radius 1 is 1.22 bits per heavy atom. The van der Waals surface area contributed by atoms with Gasteiger partial charge in [0.15, 0.2) is 11.6 Å². The van der Waals surface area contributed by atoms with Crippen LogP contribution < -0.4 is 5.32 Å². The van der Waals surface area contributed by atoms with E-state index in [1.165, 1.54) is 6.07 Å². The topological polar surface area (TPSA) is 24.9 Å². The smallest absolute Gasteiger partial charge is 0.159 e. The molecule has 1 aromatic carbocycles. The van der Waals surface area contributed by atoms with Gasteiger partial charge in [0, 0.05) is 18.4 Å². The fourth-order valence-corrected chi connectivity index (χ4v) is 1.87. The molecular weight excluding hydrogens is 234 g/mol. The molecule has 1 N–H and O–H groups in total. The van der Waals surface area contributed by atoms with Crippen LogP contribution in [0.5, 0.6) is 0 Å². The van der Waals surface area contributed by atoms with Crippen LogP contribution in [0.25, 0.3) is 0 Å². The van der Waals surface area contributed by atoms with Crippen molar-refractivity contribution in [1.29, 1.82) is 0 Å². The van der Waals surface area contributed by atoms with Crippen LogP contribution in [0.2, 0.25) is 0 Å².